The third kappa shape index (κ3) is 4.07. The normalized spacial score (nSPS) is 20.8. The number of aryl methyl sites for hydroxylation is 1. The van der Waals surface area contributed by atoms with Gasteiger partial charge in [-0.3, -0.25) is 14.4 Å². The maximum atomic E-state index is 12.9. The summed E-state index contributed by atoms with van der Waals surface area (Å²) in [7, 11) is 0. The number of rotatable bonds is 6. The molecule has 3 N–H and O–H groups in total. The van der Waals surface area contributed by atoms with Crippen LogP contribution in [-0.2, 0) is 29.0 Å². The Morgan fingerprint density at radius 3 is 2.66 bits per heavy atom. The number of carboxylic acids is 1. The average molecular weight is 416 g/mol. The van der Waals surface area contributed by atoms with E-state index in [9.17, 15) is 19.5 Å². The number of carbonyl (C=O) groups is 3. The number of thiophene rings is 1. The molecule has 8 heteroatoms. The van der Waals surface area contributed by atoms with Gasteiger partial charge in [-0.1, -0.05) is 12.8 Å². The number of carboxylic acid groups (broad SMARTS) is 1. The van der Waals surface area contributed by atoms with Gasteiger partial charge in [-0.15, -0.1) is 11.3 Å². The highest BCUT2D eigenvalue weighted by Gasteiger charge is 2.37. The van der Waals surface area contributed by atoms with Crippen LogP contribution in [0.5, 0.6) is 0 Å². The van der Waals surface area contributed by atoms with Crippen molar-refractivity contribution in [2.75, 3.05) is 5.32 Å². The summed E-state index contributed by atoms with van der Waals surface area (Å²) in [6.45, 7) is 0.271. The maximum Gasteiger partial charge on any atom is 0.307 e. The summed E-state index contributed by atoms with van der Waals surface area (Å²) in [5.74, 6) is -2.02. The lowest BCUT2D eigenvalue weighted by Gasteiger charge is -2.27. The summed E-state index contributed by atoms with van der Waals surface area (Å²) in [5.41, 5.74) is 1.52. The molecule has 0 spiro atoms. The van der Waals surface area contributed by atoms with Gasteiger partial charge in [-0.2, -0.15) is 0 Å². The molecule has 29 heavy (non-hydrogen) atoms. The molecule has 154 valence electrons. The number of anilines is 1. The first-order valence-corrected chi connectivity index (χ1v) is 10.8. The smallest absolute Gasteiger partial charge is 0.307 e. The van der Waals surface area contributed by atoms with Gasteiger partial charge in [0.15, 0.2) is 0 Å². The molecule has 1 saturated carbocycles. The standard InChI is InChI=1S/C21H24N2O5S/c24-18(13-6-1-2-7-14(13)21(26)27)23-20-17(15-8-3-9-16(15)29-20)19(25)22-11-12-5-4-10-28-12/h4-5,10,13-14H,1-3,6-9,11H2,(H,22,25)(H,23,24)(H,26,27)/t13-,14+/m1/s1. The van der Waals surface area contributed by atoms with E-state index >= 15 is 0 Å². The van der Waals surface area contributed by atoms with Gasteiger partial charge in [0, 0.05) is 4.88 Å². The van der Waals surface area contributed by atoms with E-state index in [1.165, 1.54) is 11.3 Å². The fourth-order valence-corrected chi connectivity index (χ4v) is 5.64. The zero-order valence-corrected chi connectivity index (χ0v) is 16.8. The Bertz CT molecular complexity index is 918. The monoisotopic (exact) mass is 416 g/mol. The van der Waals surface area contributed by atoms with E-state index in [2.05, 4.69) is 10.6 Å². The second kappa shape index (κ2) is 8.41. The average Bonchev–Trinajstić information content (AvgIpc) is 3.43. The highest BCUT2D eigenvalue weighted by atomic mass is 32.1. The molecule has 0 unspecified atom stereocenters. The van der Waals surface area contributed by atoms with Crippen LogP contribution < -0.4 is 10.6 Å². The van der Waals surface area contributed by atoms with Crippen LogP contribution in [0, 0.1) is 11.8 Å². The van der Waals surface area contributed by atoms with Gasteiger partial charge >= 0.3 is 5.97 Å². The summed E-state index contributed by atoms with van der Waals surface area (Å²) in [6.07, 6.45) is 7.02. The minimum absolute atomic E-state index is 0.241. The van der Waals surface area contributed by atoms with Gasteiger partial charge < -0.3 is 20.2 Å². The summed E-state index contributed by atoms with van der Waals surface area (Å²) in [6, 6.07) is 3.55. The summed E-state index contributed by atoms with van der Waals surface area (Å²) < 4.78 is 5.26. The van der Waals surface area contributed by atoms with Crippen LogP contribution in [0.3, 0.4) is 0 Å². The van der Waals surface area contributed by atoms with E-state index in [0.717, 1.165) is 42.5 Å². The van der Waals surface area contributed by atoms with Gasteiger partial charge in [-0.05, 0) is 49.8 Å². The van der Waals surface area contributed by atoms with E-state index in [-0.39, 0.29) is 18.4 Å². The van der Waals surface area contributed by atoms with E-state index in [1.54, 1.807) is 18.4 Å². The molecular weight excluding hydrogens is 392 g/mol. The maximum absolute atomic E-state index is 12.9. The predicted octanol–water partition coefficient (Wildman–Crippen LogP) is 3.59. The summed E-state index contributed by atoms with van der Waals surface area (Å²) in [5, 5.41) is 15.8. The molecule has 0 aliphatic heterocycles. The van der Waals surface area contributed by atoms with Crippen LogP contribution in [0.25, 0.3) is 0 Å². The predicted molar refractivity (Wildman–Crippen MR) is 108 cm³/mol. The largest absolute Gasteiger partial charge is 0.481 e. The number of hydrogen-bond donors (Lipinski definition) is 3. The molecule has 2 heterocycles. The minimum Gasteiger partial charge on any atom is -0.481 e. The molecule has 0 radical (unpaired) electrons. The van der Waals surface area contributed by atoms with E-state index in [4.69, 9.17) is 4.42 Å². The second-order valence-corrected chi connectivity index (χ2v) is 8.75. The molecule has 2 aliphatic carbocycles. The van der Waals surface area contributed by atoms with Gasteiger partial charge in [0.1, 0.15) is 10.8 Å². The lowest BCUT2D eigenvalue weighted by molar-refractivity contribution is -0.147. The number of aliphatic carboxylic acids is 1. The Labute approximate surface area is 172 Å². The van der Waals surface area contributed by atoms with Gasteiger partial charge in [0.25, 0.3) is 5.91 Å². The first kappa shape index (κ1) is 19.7. The molecule has 0 aromatic carbocycles. The van der Waals surface area contributed by atoms with Crippen LogP contribution in [0.1, 0.15) is 58.7 Å². The number of fused-ring (bicyclic) bond motifs is 1. The zero-order chi connectivity index (χ0) is 20.4. The Kier molecular flexibility index (Phi) is 5.71. The second-order valence-electron chi connectivity index (χ2n) is 7.65. The zero-order valence-electron chi connectivity index (χ0n) is 16.0. The highest BCUT2D eigenvalue weighted by molar-refractivity contribution is 7.17. The number of nitrogens with one attached hydrogen (secondary N) is 2. The Hall–Kier alpha value is -2.61. The molecule has 2 aromatic heterocycles. The van der Waals surface area contributed by atoms with Crippen LogP contribution in [0.2, 0.25) is 0 Å². The van der Waals surface area contributed by atoms with Crippen LogP contribution in [0.4, 0.5) is 5.00 Å². The number of amides is 2. The number of hydrogen-bond acceptors (Lipinski definition) is 5. The molecule has 7 nitrogen and oxygen atoms in total. The molecule has 2 aliphatic rings. The van der Waals surface area contributed by atoms with Gasteiger partial charge in [0.05, 0.1) is 30.2 Å². The van der Waals surface area contributed by atoms with Crippen LogP contribution in [-0.4, -0.2) is 22.9 Å². The fraction of sp³-hybridized carbons (Fsp3) is 0.476. The lowest BCUT2D eigenvalue weighted by Crippen LogP contribution is -2.36. The number of carbonyl (C=O) groups excluding carboxylic acids is 2. The van der Waals surface area contributed by atoms with Crippen molar-refractivity contribution in [3.05, 3.63) is 40.2 Å². The molecule has 4 rings (SSSR count). The van der Waals surface area contributed by atoms with Crippen molar-refractivity contribution in [3.8, 4) is 0 Å². The third-order valence-electron chi connectivity index (χ3n) is 5.81. The fourth-order valence-electron chi connectivity index (χ4n) is 4.35. The quantitative estimate of drug-likeness (QED) is 0.667. The molecule has 0 bridgehead atoms. The Morgan fingerprint density at radius 1 is 1.14 bits per heavy atom. The van der Waals surface area contributed by atoms with Crippen molar-refractivity contribution in [1.82, 2.24) is 5.32 Å². The molecule has 2 amide bonds. The van der Waals surface area contributed by atoms with Crippen molar-refractivity contribution in [3.63, 3.8) is 0 Å². The summed E-state index contributed by atoms with van der Waals surface area (Å²) >= 11 is 1.44. The minimum atomic E-state index is -0.921. The third-order valence-corrected chi connectivity index (χ3v) is 7.02. The Balaban J connectivity index is 1.53. The van der Waals surface area contributed by atoms with Crippen LogP contribution in [0.15, 0.2) is 22.8 Å². The lowest BCUT2D eigenvalue weighted by atomic mass is 9.79. The molecule has 2 atom stereocenters. The van der Waals surface area contributed by atoms with Gasteiger partial charge in [0.2, 0.25) is 5.91 Å². The molecular formula is C21H24N2O5S. The van der Waals surface area contributed by atoms with Crippen molar-refractivity contribution in [2.45, 2.75) is 51.5 Å². The van der Waals surface area contributed by atoms with Crippen molar-refractivity contribution in [1.29, 1.82) is 0 Å². The topological polar surface area (TPSA) is 109 Å². The summed E-state index contributed by atoms with van der Waals surface area (Å²) in [4.78, 5) is 38.5. The molecule has 0 saturated heterocycles. The van der Waals surface area contributed by atoms with Crippen LogP contribution >= 0.6 is 11.3 Å². The highest BCUT2D eigenvalue weighted by Crippen LogP contribution is 2.40. The van der Waals surface area contributed by atoms with E-state index < -0.39 is 17.8 Å². The first-order chi connectivity index (χ1) is 14.0. The first-order valence-electron chi connectivity index (χ1n) is 10.0. The van der Waals surface area contributed by atoms with Gasteiger partial charge in [-0.25, -0.2) is 0 Å². The van der Waals surface area contributed by atoms with E-state index in [0.29, 0.717) is 29.2 Å². The van der Waals surface area contributed by atoms with E-state index in [1.807, 2.05) is 0 Å². The Morgan fingerprint density at radius 2 is 1.93 bits per heavy atom. The number of furan rings is 1. The molecule has 1 fully saturated rings. The van der Waals surface area contributed by atoms with Crippen molar-refractivity contribution in [2.24, 2.45) is 11.8 Å². The SMILES string of the molecule is O=C(NCc1ccco1)c1c(NC(=O)[C@@H]2CCCC[C@@H]2C(=O)O)sc2c1CCC2. The molecule has 2 aromatic rings. The van der Waals surface area contributed by atoms with Crippen molar-refractivity contribution < 1.29 is 23.9 Å². The van der Waals surface area contributed by atoms with Crippen molar-refractivity contribution >= 4 is 34.1 Å².